The van der Waals surface area contributed by atoms with E-state index in [-0.39, 0.29) is 12.5 Å². The second kappa shape index (κ2) is 10.1. The fourth-order valence-corrected chi connectivity index (χ4v) is 1.89. The summed E-state index contributed by atoms with van der Waals surface area (Å²) in [5.74, 6) is 0.833. The molecule has 0 radical (unpaired) electrons. The lowest BCUT2D eigenvalue weighted by molar-refractivity contribution is 0.0951. The minimum Gasteiger partial charge on any atom is -0.493 e. The highest BCUT2D eigenvalue weighted by molar-refractivity contribution is 5.94. The van der Waals surface area contributed by atoms with Crippen LogP contribution in [0.2, 0.25) is 0 Å². The molecule has 0 spiro atoms. The van der Waals surface area contributed by atoms with Gasteiger partial charge in [-0.3, -0.25) is 4.79 Å². The quantitative estimate of drug-likeness (QED) is 0.609. The molecule has 0 aromatic heterocycles. The number of hydrogen-bond donors (Lipinski definition) is 3. The molecular formula is C17H28N2O4. The van der Waals surface area contributed by atoms with E-state index in [4.69, 9.17) is 9.47 Å². The highest BCUT2D eigenvalue weighted by Crippen LogP contribution is 2.28. The van der Waals surface area contributed by atoms with E-state index in [1.807, 2.05) is 20.8 Å². The van der Waals surface area contributed by atoms with Gasteiger partial charge < -0.3 is 25.2 Å². The Balaban J connectivity index is 2.64. The number of benzene rings is 1. The van der Waals surface area contributed by atoms with Crippen LogP contribution in [-0.4, -0.2) is 50.0 Å². The summed E-state index contributed by atoms with van der Waals surface area (Å²) >= 11 is 0. The molecule has 6 heteroatoms. The summed E-state index contributed by atoms with van der Waals surface area (Å²) < 4.78 is 10.9. The summed E-state index contributed by atoms with van der Waals surface area (Å²) in [6.07, 6.45) is 0.265. The molecular weight excluding hydrogens is 296 g/mol. The molecule has 0 aliphatic heterocycles. The third-order valence-electron chi connectivity index (χ3n) is 3.15. The third-order valence-corrected chi connectivity index (χ3v) is 3.15. The summed E-state index contributed by atoms with van der Waals surface area (Å²) in [4.78, 5) is 11.9. The first-order chi connectivity index (χ1) is 11.0. The van der Waals surface area contributed by atoms with Crippen molar-refractivity contribution in [2.24, 2.45) is 0 Å². The maximum absolute atomic E-state index is 11.9. The van der Waals surface area contributed by atoms with Gasteiger partial charge in [-0.05, 0) is 24.6 Å². The molecule has 0 unspecified atom stereocenters. The van der Waals surface area contributed by atoms with E-state index < -0.39 is 6.10 Å². The number of aliphatic hydroxyl groups is 1. The molecule has 6 nitrogen and oxygen atoms in total. The van der Waals surface area contributed by atoms with Crippen LogP contribution in [0.4, 0.5) is 0 Å². The Morgan fingerprint density at radius 3 is 2.65 bits per heavy atom. The normalized spacial score (nSPS) is 12.1. The van der Waals surface area contributed by atoms with Gasteiger partial charge in [-0.15, -0.1) is 0 Å². The fourth-order valence-electron chi connectivity index (χ4n) is 1.89. The predicted octanol–water partition coefficient (Wildman–Crippen LogP) is 1.57. The van der Waals surface area contributed by atoms with E-state index in [2.05, 4.69) is 10.6 Å². The van der Waals surface area contributed by atoms with Crippen LogP contribution in [0, 0.1) is 0 Å². The van der Waals surface area contributed by atoms with Crippen molar-refractivity contribution < 1.29 is 19.4 Å². The molecule has 0 saturated carbocycles. The van der Waals surface area contributed by atoms with Gasteiger partial charge in [0.2, 0.25) is 0 Å². The van der Waals surface area contributed by atoms with Crippen LogP contribution in [0.15, 0.2) is 18.2 Å². The molecule has 1 rings (SSSR count). The fraction of sp³-hybridized carbons (Fsp3) is 0.588. The number of methoxy groups -OCH3 is 1. The molecule has 0 aliphatic carbocycles. The zero-order valence-corrected chi connectivity index (χ0v) is 14.4. The van der Waals surface area contributed by atoms with E-state index in [9.17, 15) is 9.90 Å². The number of hydrogen-bond acceptors (Lipinski definition) is 5. The molecule has 1 amide bonds. The highest BCUT2D eigenvalue weighted by atomic mass is 16.5. The van der Waals surface area contributed by atoms with Gasteiger partial charge in [0.1, 0.15) is 12.7 Å². The summed E-state index contributed by atoms with van der Waals surface area (Å²) in [6.45, 7) is 7.26. The molecule has 1 atom stereocenters. The van der Waals surface area contributed by atoms with Crippen LogP contribution in [0.25, 0.3) is 0 Å². The van der Waals surface area contributed by atoms with Crippen molar-refractivity contribution in [2.75, 3.05) is 26.8 Å². The molecule has 23 heavy (non-hydrogen) atoms. The topological polar surface area (TPSA) is 79.8 Å². The lowest BCUT2D eigenvalue weighted by atomic mass is 10.2. The molecule has 0 bridgehead atoms. The first-order valence-electron chi connectivity index (χ1n) is 7.98. The SMILES string of the molecule is CCCNC(=O)c1ccc(OC[C@H](O)CNC(C)C)c(OC)c1. The van der Waals surface area contributed by atoms with Crippen molar-refractivity contribution in [3.63, 3.8) is 0 Å². The van der Waals surface area contributed by atoms with Crippen molar-refractivity contribution in [1.82, 2.24) is 10.6 Å². The second-order valence-corrected chi connectivity index (χ2v) is 5.65. The minimum absolute atomic E-state index is 0.141. The van der Waals surface area contributed by atoms with Gasteiger partial charge in [0.25, 0.3) is 5.91 Å². The number of carbonyl (C=O) groups is 1. The van der Waals surface area contributed by atoms with Crippen molar-refractivity contribution in [3.05, 3.63) is 23.8 Å². The van der Waals surface area contributed by atoms with Crippen LogP contribution in [-0.2, 0) is 0 Å². The Bertz CT molecular complexity index is 491. The number of nitrogens with one attached hydrogen (secondary N) is 2. The molecule has 0 fully saturated rings. The standard InChI is InChI=1S/C17H28N2O4/c1-5-8-18-17(21)13-6-7-15(16(9-13)22-4)23-11-14(20)10-19-12(2)3/h6-7,9,12,14,19-20H,5,8,10-11H2,1-4H3,(H,18,21)/t14-/m1/s1. The Morgan fingerprint density at radius 2 is 2.04 bits per heavy atom. The van der Waals surface area contributed by atoms with Crippen LogP contribution in [0.1, 0.15) is 37.6 Å². The molecule has 130 valence electrons. The summed E-state index contributed by atoms with van der Waals surface area (Å²) in [5, 5.41) is 15.8. The molecule has 0 aliphatic rings. The number of aliphatic hydroxyl groups excluding tert-OH is 1. The van der Waals surface area contributed by atoms with Crippen LogP contribution in [0.3, 0.4) is 0 Å². The van der Waals surface area contributed by atoms with Gasteiger partial charge in [-0.25, -0.2) is 0 Å². The first-order valence-corrected chi connectivity index (χ1v) is 7.98. The maximum Gasteiger partial charge on any atom is 0.251 e. The first kappa shape index (κ1) is 19.3. The monoisotopic (exact) mass is 324 g/mol. The molecule has 1 aromatic carbocycles. The Kier molecular flexibility index (Phi) is 8.43. The average molecular weight is 324 g/mol. The minimum atomic E-state index is -0.616. The van der Waals surface area contributed by atoms with Crippen LogP contribution in [0.5, 0.6) is 11.5 Å². The smallest absolute Gasteiger partial charge is 0.251 e. The second-order valence-electron chi connectivity index (χ2n) is 5.65. The average Bonchev–Trinajstić information content (AvgIpc) is 2.55. The zero-order valence-electron chi connectivity index (χ0n) is 14.4. The number of carbonyl (C=O) groups excluding carboxylic acids is 1. The molecule has 3 N–H and O–H groups in total. The van der Waals surface area contributed by atoms with E-state index in [1.165, 1.54) is 7.11 Å². The largest absolute Gasteiger partial charge is 0.493 e. The van der Waals surface area contributed by atoms with Crippen LogP contribution < -0.4 is 20.1 Å². The van der Waals surface area contributed by atoms with Gasteiger partial charge in [0.15, 0.2) is 11.5 Å². The number of amides is 1. The van der Waals surface area contributed by atoms with Gasteiger partial charge in [0.05, 0.1) is 7.11 Å². The Labute approximate surface area is 138 Å². The van der Waals surface area contributed by atoms with Gasteiger partial charge in [-0.1, -0.05) is 20.8 Å². The van der Waals surface area contributed by atoms with Gasteiger partial charge >= 0.3 is 0 Å². The van der Waals surface area contributed by atoms with Crippen molar-refractivity contribution in [3.8, 4) is 11.5 Å². The molecule has 0 heterocycles. The summed E-state index contributed by atoms with van der Waals surface area (Å²) in [5.41, 5.74) is 0.518. The van der Waals surface area contributed by atoms with Crippen molar-refractivity contribution in [1.29, 1.82) is 0 Å². The number of rotatable bonds is 10. The van der Waals surface area contributed by atoms with E-state index in [0.717, 1.165) is 6.42 Å². The van der Waals surface area contributed by atoms with E-state index in [0.29, 0.717) is 36.2 Å². The summed E-state index contributed by atoms with van der Waals surface area (Å²) in [7, 11) is 1.52. The van der Waals surface area contributed by atoms with Crippen molar-refractivity contribution in [2.45, 2.75) is 39.3 Å². The lowest BCUT2D eigenvalue weighted by Gasteiger charge is -2.16. The number of ether oxygens (including phenoxy) is 2. The van der Waals surface area contributed by atoms with Gasteiger partial charge in [0, 0.05) is 24.7 Å². The Morgan fingerprint density at radius 1 is 1.30 bits per heavy atom. The highest BCUT2D eigenvalue weighted by Gasteiger charge is 2.12. The van der Waals surface area contributed by atoms with E-state index >= 15 is 0 Å². The maximum atomic E-state index is 11.9. The lowest BCUT2D eigenvalue weighted by Crippen LogP contribution is -2.35. The zero-order chi connectivity index (χ0) is 17.2. The van der Waals surface area contributed by atoms with E-state index in [1.54, 1.807) is 18.2 Å². The van der Waals surface area contributed by atoms with Crippen LogP contribution >= 0.6 is 0 Å². The van der Waals surface area contributed by atoms with Gasteiger partial charge in [-0.2, -0.15) is 0 Å². The molecule has 0 saturated heterocycles. The third kappa shape index (κ3) is 6.88. The Hall–Kier alpha value is -1.79. The molecule has 1 aromatic rings. The summed E-state index contributed by atoms with van der Waals surface area (Å²) in [6, 6.07) is 5.31. The van der Waals surface area contributed by atoms with Crippen molar-refractivity contribution >= 4 is 5.91 Å². The predicted molar refractivity (Wildman–Crippen MR) is 90.3 cm³/mol.